The zero-order valence-corrected chi connectivity index (χ0v) is 17.0. The first-order chi connectivity index (χ1) is 12.6. The molecule has 1 aromatic carbocycles. The van der Waals surface area contributed by atoms with Crippen LogP contribution in [0.1, 0.15) is 23.2 Å². The summed E-state index contributed by atoms with van der Waals surface area (Å²) in [4.78, 5) is 26.9. The molecule has 1 atom stereocenters. The average Bonchev–Trinajstić information content (AvgIpc) is 2.66. The van der Waals surface area contributed by atoms with Crippen LogP contribution in [0.2, 0.25) is 5.02 Å². The molecule has 1 aliphatic rings. The van der Waals surface area contributed by atoms with Gasteiger partial charge in [-0.3, -0.25) is 9.59 Å². The summed E-state index contributed by atoms with van der Waals surface area (Å²) in [6, 6.07) is 4.96. The van der Waals surface area contributed by atoms with Crippen molar-refractivity contribution in [2.75, 3.05) is 46.5 Å². The zero-order valence-electron chi connectivity index (χ0n) is 15.4. The normalized spacial score (nSPS) is 16.4. The van der Waals surface area contributed by atoms with Crippen LogP contribution in [0.15, 0.2) is 18.2 Å². The molecular formula is C18H27Cl2N3O4. The number of ether oxygens (including phenoxy) is 2. The highest BCUT2D eigenvalue weighted by molar-refractivity contribution is 6.31. The molecule has 0 spiro atoms. The van der Waals surface area contributed by atoms with Gasteiger partial charge in [0.25, 0.3) is 5.91 Å². The van der Waals surface area contributed by atoms with E-state index < -0.39 is 0 Å². The molecule has 9 heteroatoms. The molecule has 0 saturated carbocycles. The van der Waals surface area contributed by atoms with Crippen LogP contribution >= 0.6 is 24.0 Å². The van der Waals surface area contributed by atoms with E-state index in [2.05, 4.69) is 5.32 Å². The Morgan fingerprint density at radius 2 is 2.15 bits per heavy atom. The Bertz CT molecular complexity index is 631. The highest BCUT2D eigenvalue weighted by atomic mass is 35.5. The van der Waals surface area contributed by atoms with Crippen molar-refractivity contribution in [3.63, 3.8) is 0 Å². The molecule has 152 valence electrons. The number of amides is 2. The molecule has 7 nitrogen and oxygen atoms in total. The predicted octanol–water partition coefficient (Wildman–Crippen LogP) is 1.71. The van der Waals surface area contributed by atoms with E-state index in [0.717, 1.165) is 12.8 Å². The van der Waals surface area contributed by atoms with E-state index in [1.54, 1.807) is 30.2 Å². The summed E-state index contributed by atoms with van der Waals surface area (Å²) in [6.07, 6.45) is 1.53. The Hall–Kier alpha value is -1.54. The molecule has 2 rings (SSSR count). The van der Waals surface area contributed by atoms with Gasteiger partial charge >= 0.3 is 0 Å². The van der Waals surface area contributed by atoms with E-state index in [4.69, 9.17) is 26.8 Å². The summed E-state index contributed by atoms with van der Waals surface area (Å²) in [6.45, 7) is 2.57. The van der Waals surface area contributed by atoms with E-state index in [1.165, 1.54) is 0 Å². The van der Waals surface area contributed by atoms with Crippen LogP contribution in [-0.4, -0.2) is 63.2 Å². The van der Waals surface area contributed by atoms with Crippen molar-refractivity contribution in [3.8, 4) is 5.75 Å². The minimum Gasteiger partial charge on any atom is -0.490 e. The molecule has 3 N–H and O–H groups in total. The molecule has 1 saturated heterocycles. The van der Waals surface area contributed by atoms with Crippen LogP contribution in [0, 0.1) is 5.92 Å². The summed E-state index contributed by atoms with van der Waals surface area (Å²) in [7, 11) is 1.58. The molecule has 0 aromatic heterocycles. The first-order valence-corrected chi connectivity index (χ1v) is 9.13. The molecule has 1 fully saturated rings. The molecular weight excluding hydrogens is 393 g/mol. The minimum absolute atomic E-state index is 0. The number of hydrogen-bond acceptors (Lipinski definition) is 5. The van der Waals surface area contributed by atoms with Gasteiger partial charge in [0.2, 0.25) is 5.91 Å². The monoisotopic (exact) mass is 419 g/mol. The second-order valence-electron chi connectivity index (χ2n) is 6.15. The molecule has 1 heterocycles. The second kappa shape index (κ2) is 12.0. The Morgan fingerprint density at radius 3 is 2.85 bits per heavy atom. The molecule has 1 aliphatic heterocycles. The lowest BCUT2D eigenvalue weighted by Crippen LogP contribution is -2.46. The summed E-state index contributed by atoms with van der Waals surface area (Å²) in [5.41, 5.74) is 5.82. The van der Waals surface area contributed by atoms with Crippen LogP contribution in [0.3, 0.4) is 0 Å². The minimum atomic E-state index is -0.226. The fourth-order valence-corrected chi connectivity index (χ4v) is 3.09. The van der Waals surface area contributed by atoms with Crippen molar-refractivity contribution < 1.29 is 19.1 Å². The summed E-state index contributed by atoms with van der Waals surface area (Å²) in [5.74, 6) is -0.00527. The number of hydrogen-bond donors (Lipinski definition) is 2. The molecule has 2 amide bonds. The maximum atomic E-state index is 13.0. The second-order valence-corrected chi connectivity index (χ2v) is 6.59. The fourth-order valence-electron chi connectivity index (χ4n) is 2.92. The average molecular weight is 420 g/mol. The van der Waals surface area contributed by atoms with Gasteiger partial charge in [0.1, 0.15) is 12.4 Å². The van der Waals surface area contributed by atoms with Crippen LogP contribution < -0.4 is 15.8 Å². The topological polar surface area (TPSA) is 93.9 Å². The first-order valence-electron chi connectivity index (χ1n) is 8.75. The van der Waals surface area contributed by atoms with Gasteiger partial charge in [0, 0.05) is 38.3 Å². The lowest BCUT2D eigenvalue weighted by molar-refractivity contribution is -0.126. The number of halogens is 2. The Balaban J connectivity index is 0.00000364. The van der Waals surface area contributed by atoms with Gasteiger partial charge < -0.3 is 25.4 Å². The summed E-state index contributed by atoms with van der Waals surface area (Å²) < 4.78 is 10.6. The number of nitrogens with zero attached hydrogens (tertiary/aromatic N) is 1. The standard InChI is InChI=1S/C18H26ClN3O4.ClH/c1-25-9-10-26-16-5-4-14(19)11-15(16)18(24)22-8-2-3-13(12-22)17(23)21-7-6-20;/h4-5,11,13H,2-3,6-10,12,20H2,1H3,(H,21,23);1H. The van der Waals surface area contributed by atoms with Gasteiger partial charge in [-0.15, -0.1) is 12.4 Å². The van der Waals surface area contributed by atoms with Crippen molar-refractivity contribution >= 4 is 35.8 Å². The van der Waals surface area contributed by atoms with E-state index >= 15 is 0 Å². The smallest absolute Gasteiger partial charge is 0.257 e. The van der Waals surface area contributed by atoms with Crippen molar-refractivity contribution in [3.05, 3.63) is 28.8 Å². The highest BCUT2D eigenvalue weighted by Gasteiger charge is 2.30. The number of nitrogens with two attached hydrogens (primary N) is 1. The number of methoxy groups -OCH3 is 1. The van der Waals surface area contributed by atoms with Gasteiger partial charge in [-0.1, -0.05) is 11.6 Å². The van der Waals surface area contributed by atoms with Gasteiger partial charge in [0.05, 0.1) is 18.1 Å². The van der Waals surface area contributed by atoms with Crippen LogP contribution in [0.4, 0.5) is 0 Å². The summed E-state index contributed by atoms with van der Waals surface area (Å²) in [5, 5.41) is 3.25. The van der Waals surface area contributed by atoms with Gasteiger partial charge in [0.15, 0.2) is 0 Å². The van der Waals surface area contributed by atoms with E-state index in [0.29, 0.717) is 55.7 Å². The van der Waals surface area contributed by atoms with Crippen molar-refractivity contribution in [1.82, 2.24) is 10.2 Å². The van der Waals surface area contributed by atoms with Gasteiger partial charge in [-0.25, -0.2) is 0 Å². The van der Waals surface area contributed by atoms with Crippen LogP contribution in [-0.2, 0) is 9.53 Å². The van der Waals surface area contributed by atoms with E-state index in [1.807, 2.05) is 0 Å². The SMILES string of the molecule is COCCOc1ccc(Cl)cc1C(=O)N1CCCC(C(=O)NCCN)C1.Cl. The Kier molecular flexibility index (Phi) is 10.5. The molecule has 1 aromatic rings. The number of piperidine rings is 1. The predicted molar refractivity (Wildman–Crippen MR) is 107 cm³/mol. The number of benzene rings is 1. The zero-order chi connectivity index (χ0) is 18.9. The summed E-state index contributed by atoms with van der Waals surface area (Å²) >= 11 is 6.07. The number of carbonyl (C=O) groups is 2. The van der Waals surface area contributed by atoms with Gasteiger partial charge in [-0.05, 0) is 31.0 Å². The number of nitrogens with one attached hydrogen (secondary N) is 1. The number of rotatable bonds is 8. The molecule has 0 aliphatic carbocycles. The Morgan fingerprint density at radius 1 is 1.37 bits per heavy atom. The fraction of sp³-hybridized carbons (Fsp3) is 0.556. The quantitative estimate of drug-likeness (QED) is 0.625. The lowest BCUT2D eigenvalue weighted by Gasteiger charge is -2.32. The van der Waals surface area contributed by atoms with Crippen LogP contribution in [0.25, 0.3) is 0 Å². The third kappa shape index (κ3) is 6.84. The lowest BCUT2D eigenvalue weighted by atomic mass is 9.96. The van der Waals surface area contributed by atoms with Crippen molar-refractivity contribution in [1.29, 1.82) is 0 Å². The first kappa shape index (κ1) is 23.5. The van der Waals surface area contributed by atoms with Crippen molar-refractivity contribution in [2.45, 2.75) is 12.8 Å². The molecule has 27 heavy (non-hydrogen) atoms. The maximum Gasteiger partial charge on any atom is 0.257 e. The number of likely N-dealkylation sites (tertiary alicyclic amines) is 1. The van der Waals surface area contributed by atoms with Crippen molar-refractivity contribution in [2.24, 2.45) is 11.7 Å². The third-order valence-corrected chi connectivity index (χ3v) is 4.48. The number of carbonyl (C=O) groups excluding carboxylic acids is 2. The highest BCUT2D eigenvalue weighted by Crippen LogP contribution is 2.27. The Labute approximate surface area is 170 Å². The maximum absolute atomic E-state index is 13.0. The largest absolute Gasteiger partial charge is 0.490 e. The third-order valence-electron chi connectivity index (χ3n) is 4.24. The van der Waals surface area contributed by atoms with Crippen LogP contribution in [0.5, 0.6) is 5.75 Å². The van der Waals surface area contributed by atoms with Gasteiger partial charge in [-0.2, -0.15) is 0 Å². The molecule has 0 radical (unpaired) electrons. The molecule has 1 unspecified atom stereocenters. The molecule has 0 bridgehead atoms. The van der Waals surface area contributed by atoms with E-state index in [9.17, 15) is 9.59 Å². The van der Waals surface area contributed by atoms with E-state index in [-0.39, 0.29) is 30.1 Å².